The number of aryl methyl sites for hydroxylation is 3. The Morgan fingerprint density at radius 2 is 1.85 bits per heavy atom. The molecule has 218 valence electrons. The van der Waals surface area contributed by atoms with E-state index in [1.54, 1.807) is 25.1 Å². The summed E-state index contributed by atoms with van der Waals surface area (Å²) >= 11 is 0. The third kappa shape index (κ3) is 6.74. The molecule has 0 spiro atoms. The third-order valence-corrected chi connectivity index (χ3v) is 8.83. The van der Waals surface area contributed by atoms with E-state index >= 15 is 0 Å². The number of likely N-dealkylation sites (tertiary alicyclic amines) is 1. The molecule has 6 rings (SSSR count). The first-order valence-corrected chi connectivity index (χ1v) is 15.4. The number of hydrogen-bond donors (Lipinski definition) is 1. The Morgan fingerprint density at radius 1 is 1.07 bits per heavy atom. The zero-order valence-corrected chi connectivity index (χ0v) is 24.2. The van der Waals surface area contributed by atoms with Crippen molar-refractivity contribution in [2.75, 3.05) is 19.6 Å². The normalized spacial score (nSPS) is 16.3. The second kappa shape index (κ2) is 12.2. The summed E-state index contributed by atoms with van der Waals surface area (Å²) in [5.41, 5.74) is 4.19. The molecule has 0 amide bonds. The molecule has 1 saturated heterocycles. The van der Waals surface area contributed by atoms with E-state index < -0.39 is 10.1 Å². The number of fused-ring (bicyclic) bond motifs is 2. The van der Waals surface area contributed by atoms with Crippen molar-refractivity contribution >= 4 is 21.1 Å². The Labute approximate surface area is 238 Å². The van der Waals surface area contributed by atoms with Gasteiger partial charge in [-0.3, -0.25) is 13.9 Å². The van der Waals surface area contributed by atoms with E-state index in [-0.39, 0.29) is 16.3 Å². The lowest BCUT2D eigenvalue weighted by atomic mass is 9.91. The van der Waals surface area contributed by atoms with Gasteiger partial charge in [0.25, 0.3) is 15.7 Å². The first-order valence-electron chi connectivity index (χ1n) is 14.0. The van der Waals surface area contributed by atoms with Crippen LogP contribution in [0.15, 0.2) is 56.7 Å². The quantitative estimate of drug-likeness (QED) is 0.333. The van der Waals surface area contributed by atoms with Crippen molar-refractivity contribution in [2.45, 2.75) is 69.7 Å². The van der Waals surface area contributed by atoms with E-state index in [2.05, 4.69) is 10.1 Å². The van der Waals surface area contributed by atoms with Crippen molar-refractivity contribution in [3.63, 3.8) is 0 Å². The van der Waals surface area contributed by atoms with E-state index in [1.807, 2.05) is 11.5 Å². The monoisotopic (exact) mass is 582 g/mol. The van der Waals surface area contributed by atoms with Crippen molar-refractivity contribution in [1.82, 2.24) is 19.6 Å². The molecule has 1 N–H and O–H groups in total. The summed E-state index contributed by atoms with van der Waals surface area (Å²) in [6.07, 6.45) is 5.81. The van der Waals surface area contributed by atoms with Crippen LogP contribution in [0.1, 0.15) is 59.9 Å². The fourth-order valence-corrected chi connectivity index (χ4v) is 6.30. The molecule has 0 radical (unpaired) electrons. The van der Waals surface area contributed by atoms with Gasteiger partial charge in [-0.25, -0.2) is 9.37 Å². The van der Waals surface area contributed by atoms with Gasteiger partial charge in [0.1, 0.15) is 11.6 Å². The molecule has 2 aromatic heterocycles. The van der Waals surface area contributed by atoms with Crippen LogP contribution < -0.4 is 5.56 Å². The summed E-state index contributed by atoms with van der Waals surface area (Å²) in [5.74, 6) is 0.974. The minimum atomic E-state index is -4.03. The van der Waals surface area contributed by atoms with Crippen LogP contribution in [0.5, 0.6) is 0 Å². The van der Waals surface area contributed by atoms with Crippen LogP contribution in [0, 0.1) is 19.7 Å². The molecule has 0 aliphatic carbocycles. The number of benzene rings is 2. The fourth-order valence-electron chi connectivity index (χ4n) is 5.72. The van der Waals surface area contributed by atoms with E-state index in [0.717, 1.165) is 98.4 Å². The minimum Gasteiger partial charge on any atom is -0.356 e. The highest BCUT2D eigenvalue weighted by Crippen LogP contribution is 2.32. The SMILES string of the molecule is Cc1cccc(S(=O)(=O)O)c1.Cc1nc2n(c(=O)c1CCN1CCC(c3noc4cc(F)ccc34)CC1)CCCC2. The minimum absolute atomic E-state index is 0.0579. The van der Waals surface area contributed by atoms with Crippen LogP contribution in [-0.2, 0) is 29.5 Å². The predicted octanol–water partition coefficient (Wildman–Crippen LogP) is 4.83. The number of rotatable bonds is 5. The van der Waals surface area contributed by atoms with E-state index in [0.29, 0.717) is 11.5 Å². The van der Waals surface area contributed by atoms with Crippen LogP contribution >= 0.6 is 0 Å². The van der Waals surface area contributed by atoms with Gasteiger partial charge in [0.05, 0.1) is 10.6 Å². The maximum Gasteiger partial charge on any atom is 0.294 e. The Morgan fingerprint density at radius 3 is 2.56 bits per heavy atom. The second-order valence-electron chi connectivity index (χ2n) is 10.9. The second-order valence-corrected chi connectivity index (χ2v) is 12.3. The van der Waals surface area contributed by atoms with Crippen molar-refractivity contribution in [3.8, 4) is 0 Å². The highest BCUT2D eigenvalue weighted by molar-refractivity contribution is 7.85. The summed E-state index contributed by atoms with van der Waals surface area (Å²) in [5, 5.41) is 5.15. The molecule has 1 fully saturated rings. The summed E-state index contributed by atoms with van der Waals surface area (Å²) in [6, 6.07) is 10.7. The van der Waals surface area contributed by atoms with Gasteiger partial charge >= 0.3 is 0 Å². The van der Waals surface area contributed by atoms with Crippen LogP contribution in [-0.4, -0.2) is 52.2 Å². The molecule has 0 unspecified atom stereocenters. The molecule has 2 aliphatic heterocycles. The smallest absolute Gasteiger partial charge is 0.294 e. The van der Waals surface area contributed by atoms with Crippen LogP contribution in [0.25, 0.3) is 11.0 Å². The summed E-state index contributed by atoms with van der Waals surface area (Å²) in [7, 11) is -4.03. The van der Waals surface area contributed by atoms with Gasteiger partial charge in [-0.05, 0) is 88.9 Å². The Hall–Kier alpha value is -3.41. The molecule has 4 heterocycles. The molecule has 9 nitrogen and oxygen atoms in total. The first kappa shape index (κ1) is 29.1. The summed E-state index contributed by atoms with van der Waals surface area (Å²) in [4.78, 5) is 20.0. The third-order valence-electron chi connectivity index (χ3n) is 7.98. The van der Waals surface area contributed by atoms with E-state index in [1.165, 1.54) is 24.3 Å². The van der Waals surface area contributed by atoms with Gasteiger partial charge in [0.2, 0.25) is 0 Å². The molecule has 4 aromatic rings. The van der Waals surface area contributed by atoms with Gasteiger partial charge < -0.3 is 9.42 Å². The molecule has 11 heteroatoms. The molecule has 0 atom stereocenters. The van der Waals surface area contributed by atoms with E-state index in [9.17, 15) is 17.6 Å². The van der Waals surface area contributed by atoms with Crippen molar-refractivity contribution < 1.29 is 21.9 Å². The predicted molar refractivity (Wildman–Crippen MR) is 153 cm³/mol. The average molecular weight is 583 g/mol. The lowest BCUT2D eigenvalue weighted by Crippen LogP contribution is -2.37. The number of nitrogens with zero attached hydrogens (tertiary/aromatic N) is 4. The molecular formula is C30H35FN4O5S. The van der Waals surface area contributed by atoms with Gasteiger partial charge in [0.15, 0.2) is 5.58 Å². The van der Waals surface area contributed by atoms with Crippen molar-refractivity contribution in [2.24, 2.45) is 0 Å². The average Bonchev–Trinajstić information content (AvgIpc) is 3.36. The van der Waals surface area contributed by atoms with Crippen molar-refractivity contribution in [3.05, 3.63) is 87.0 Å². The molecule has 0 bridgehead atoms. The first-order chi connectivity index (χ1) is 19.6. The number of hydrogen-bond acceptors (Lipinski definition) is 7. The van der Waals surface area contributed by atoms with Gasteiger partial charge in [0, 0.05) is 48.1 Å². The van der Waals surface area contributed by atoms with Crippen molar-refractivity contribution in [1.29, 1.82) is 0 Å². The van der Waals surface area contributed by atoms with Gasteiger partial charge in [-0.15, -0.1) is 0 Å². The number of halogens is 1. The fraction of sp³-hybridized carbons (Fsp3) is 0.433. The maximum absolute atomic E-state index is 13.4. The maximum atomic E-state index is 13.4. The zero-order chi connectivity index (χ0) is 29.1. The summed E-state index contributed by atoms with van der Waals surface area (Å²) in [6.45, 7) is 7.31. The van der Waals surface area contributed by atoms with E-state index in [4.69, 9.17) is 14.1 Å². The largest absolute Gasteiger partial charge is 0.356 e. The number of piperidine rings is 1. The molecule has 41 heavy (non-hydrogen) atoms. The molecule has 0 saturated carbocycles. The highest BCUT2D eigenvalue weighted by atomic mass is 32.2. The van der Waals surface area contributed by atoms with Gasteiger partial charge in [-0.2, -0.15) is 8.42 Å². The highest BCUT2D eigenvalue weighted by Gasteiger charge is 2.26. The summed E-state index contributed by atoms with van der Waals surface area (Å²) < 4.78 is 50.3. The Balaban J connectivity index is 0.000000259. The lowest BCUT2D eigenvalue weighted by Gasteiger charge is -2.31. The van der Waals surface area contributed by atoms with Crippen LogP contribution in [0.2, 0.25) is 0 Å². The Kier molecular flexibility index (Phi) is 8.67. The Bertz CT molecular complexity index is 1710. The lowest BCUT2D eigenvalue weighted by molar-refractivity contribution is 0.211. The molecule has 2 aromatic carbocycles. The van der Waals surface area contributed by atoms with Crippen LogP contribution in [0.3, 0.4) is 0 Å². The topological polar surface area (TPSA) is 119 Å². The zero-order valence-electron chi connectivity index (χ0n) is 23.3. The number of aromatic nitrogens is 3. The van der Waals surface area contributed by atoms with Gasteiger partial charge in [-0.1, -0.05) is 17.3 Å². The standard InChI is InChI=1S/C23H27FN4O2.C7H8O3S/c1-15-18(23(29)28-10-3-2-4-21(28)25-15)9-13-27-11-7-16(8-12-27)22-19-6-5-17(24)14-20(19)30-26-22;1-6-3-2-4-7(5-6)11(8,9)10/h5-6,14,16H,2-4,7-13H2,1H3;2-5H,1H3,(H,8,9,10). The molecule has 2 aliphatic rings. The molecular weight excluding hydrogens is 547 g/mol. The van der Waals surface area contributed by atoms with Crippen LogP contribution in [0.4, 0.5) is 4.39 Å².